The Kier molecular flexibility index (Phi) is 11.0. The highest BCUT2D eigenvalue weighted by Crippen LogP contribution is 2.50. The third-order valence-electron chi connectivity index (χ3n) is 10.8. The van der Waals surface area contributed by atoms with Crippen LogP contribution in [0, 0.1) is 5.41 Å². The molecule has 6 rings (SSSR count). The molecule has 2 atom stereocenters. The first-order chi connectivity index (χ1) is 22.0. The fourth-order valence-electron chi connectivity index (χ4n) is 7.99. The number of amides is 1. The highest BCUT2D eigenvalue weighted by molar-refractivity contribution is 7.91. The van der Waals surface area contributed by atoms with Crippen molar-refractivity contribution in [2.45, 2.75) is 75.7 Å². The standard InChI is InChI=1S/C36H54N4O5S/c1-5-7-15-36(16-8-6-2)27-46(43,44)32-14-13-30(38(3)4)26-31(32)33(34(36)41)28-11-9-12-29(25-28)37-35(42)45-24-10-20-40-21-17-39(18-22-40)19-23-40/h9,11-14,25-26,33-34,41H,5-8,10,15-24,27H2,1-4H3/p+1/t33-,34-/m1/s1. The average molecular weight is 656 g/mol. The van der Waals surface area contributed by atoms with Crippen molar-refractivity contribution in [3.8, 4) is 0 Å². The zero-order valence-corrected chi connectivity index (χ0v) is 29.2. The molecule has 0 unspecified atom stereocenters. The third-order valence-corrected chi connectivity index (χ3v) is 12.8. The summed E-state index contributed by atoms with van der Waals surface area (Å²) < 4.78 is 35.0. The van der Waals surface area contributed by atoms with Crippen LogP contribution in [0.5, 0.6) is 0 Å². The molecule has 2 aromatic rings. The SMILES string of the molecule is CCCCC1(CCCC)CS(=O)(=O)c2ccc(N(C)C)cc2[C@@H](c2cccc(NC(=O)OCCC[N+]34CCN(CC3)CC4)c2)[C@H]1O. The van der Waals surface area contributed by atoms with E-state index in [2.05, 4.69) is 24.1 Å². The van der Waals surface area contributed by atoms with E-state index in [0.717, 1.165) is 54.4 Å². The van der Waals surface area contributed by atoms with Gasteiger partial charge in [0.15, 0.2) is 9.84 Å². The molecule has 3 saturated heterocycles. The molecule has 0 aliphatic carbocycles. The molecule has 0 spiro atoms. The largest absolute Gasteiger partial charge is 0.449 e. The number of sulfone groups is 1. The van der Waals surface area contributed by atoms with Gasteiger partial charge in [0.25, 0.3) is 0 Å². The van der Waals surface area contributed by atoms with Crippen LogP contribution in [0.1, 0.15) is 75.8 Å². The Hall–Kier alpha value is -2.66. The van der Waals surface area contributed by atoms with Crippen LogP contribution >= 0.6 is 0 Å². The monoisotopic (exact) mass is 655 g/mol. The van der Waals surface area contributed by atoms with Crippen LogP contribution in [0.3, 0.4) is 0 Å². The summed E-state index contributed by atoms with van der Waals surface area (Å²) in [5, 5.41) is 15.3. The minimum atomic E-state index is -3.69. The first-order valence-corrected chi connectivity index (χ1v) is 19.0. The molecule has 9 nitrogen and oxygen atoms in total. The normalized spacial score (nSPS) is 26.2. The number of fused-ring (bicyclic) bond motifs is 4. The summed E-state index contributed by atoms with van der Waals surface area (Å²) >= 11 is 0. The van der Waals surface area contributed by atoms with E-state index in [1.165, 1.54) is 39.3 Å². The van der Waals surface area contributed by atoms with Crippen molar-refractivity contribution in [3.63, 3.8) is 0 Å². The van der Waals surface area contributed by atoms with Crippen LogP contribution < -0.4 is 10.2 Å². The van der Waals surface area contributed by atoms with E-state index in [9.17, 15) is 18.3 Å². The van der Waals surface area contributed by atoms with Gasteiger partial charge in [0.1, 0.15) is 0 Å². The lowest BCUT2D eigenvalue weighted by Gasteiger charge is -2.50. The molecule has 3 fully saturated rings. The van der Waals surface area contributed by atoms with E-state index in [-0.39, 0.29) is 10.6 Å². The van der Waals surface area contributed by atoms with E-state index in [4.69, 9.17) is 4.74 Å². The van der Waals surface area contributed by atoms with E-state index in [1.54, 1.807) is 6.07 Å². The predicted molar refractivity (Wildman–Crippen MR) is 184 cm³/mol. The van der Waals surface area contributed by atoms with E-state index >= 15 is 0 Å². The summed E-state index contributed by atoms with van der Waals surface area (Å²) in [6.45, 7) is 12.7. The maximum Gasteiger partial charge on any atom is 0.411 e. The van der Waals surface area contributed by atoms with Crippen molar-refractivity contribution in [2.24, 2.45) is 5.41 Å². The lowest BCUT2D eigenvalue weighted by Crippen LogP contribution is -2.67. The smallest absolute Gasteiger partial charge is 0.411 e. The molecule has 2 N–H and O–H groups in total. The predicted octanol–water partition coefficient (Wildman–Crippen LogP) is 5.48. The summed E-state index contributed by atoms with van der Waals surface area (Å²) in [6.07, 6.45) is 4.20. The second kappa shape index (κ2) is 14.6. The summed E-state index contributed by atoms with van der Waals surface area (Å²) in [4.78, 5) is 17.7. The van der Waals surface area contributed by atoms with Crippen LogP contribution in [-0.4, -0.2) is 107 Å². The number of nitrogens with one attached hydrogen (secondary N) is 1. The summed E-state index contributed by atoms with van der Waals surface area (Å²) in [6, 6.07) is 12.9. The van der Waals surface area contributed by atoms with Gasteiger partial charge >= 0.3 is 6.09 Å². The number of unbranched alkanes of at least 4 members (excludes halogenated alkanes) is 2. The fraction of sp³-hybridized carbons (Fsp3) is 0.639. The Balaban J connectivity index is 1.40. The molecule has 2 aromatic carbocycles. The van der Waals surface area contributed by atoms with Gasteiger partial charge in [-0.25, -0.2) is 13.2 Å². The van der Waals surface area contributed by atoms with Crippen LogP contribution in [0.2, 0.25) is 0 Å². The molecule has 4 aliphatic rings. The van der Waals surface area contributed by atoms with Gasteiger partial charge in [-0.15, -0.1) is 0 Å². The highest BCUT2D eigenvalue weighted by atomic mass is 32.2. The number of carbonyl (C=O) groups is 1. The summed E-state index contributed by atoms with van der Waals surface area (Å²) in [5.41, 5.74) is 2.03. The van der Waals surface area contributed by atoms with Gasteiger partial charge in [0.2, 0.25) is 0 Å². The second-order valence-electron chi connectivity index (χ2n) is 14.2. The Labute approximate surface area is 276 Å². The first-order valence-electron chi connectivity index (χ1n) is 17.3. The maximum absolute atomic E-state index is 14.1. The number of rotatable bonds is 13. The van der Waals surface area contributed by atoms with Crippen molar-refractivity contribution in [2.75, 3.05) is 82.5 Å². The number of quaternary nitrogens is 1. The quantitative estimate of drug-likeness (QED) is 0.218. The molecule has 1 amide bonds. The molecule has 4 heterocycles. The van der Waals surface area contributed by atoms with Crippen molar-refractivity contribution >= 4 is 27.3 Å². The van der Waals surface area contributed by atoms with Gasteiger partial charge in [0, 0.05) is 62.9 Å². The number of anilines is 2. The van der Waals surface area contributed by atoms with Gasteiger partial charge in [-0.2, -0.15) is 0 Å². The molecular formula is C36H55N4O5S+. The van der Waals surface area contributed by atoms with Crippen molar-refractivity contribution in [1.29, 1.82) is 0 Å². The highest BCUT2D eigenvalue weighted by Gasteiger charge is 2.49. The number of hydrogen-bond acceptors (Lipinski definition) is 7. The Morgan fingerprint density at radius 1 is 1.02 bits per heavy atom. The minimum Gasteiger partial charge on any atom is -0.449 e. The molecule has 2 bridgehead atoms. The van der Waals surface area contributed by atoms with E-state index in [0.29, 0.717) is 30.7 Å². The number of piperazine rings is 3. The molecule has 0 radical (unpaired) electrons. The molecular weight excluding hydrogens is 600 g/mol. The molecule has 0 aromatic heterocycles. The van der Waals surface area contributed by atoms with Crippen LogP contribution in [-0.2, 0) is 14.6 Å². The zero-order valence-electron chi connectivity index (χ0n) is 28.3. The zero-order chi connectivity index (χ0) is 33.0. The van der Waals surface area contributed by atoms with Crippen molar-refractivity contribution in [1.82, 2.24) is 4.90 Å². The lowest BCUT2D eigenvalue weighted by atomic mass is 9.68. The molecule has 0 saturated carbocycles. The van der Waals surface area contributed by atoms with Gasteiger partial charge in [-0.05, 0) is 54.3 Å². The van der Waals surface area contributed by atoms with Gasteiger partial charge < -0.3 is 19.2 Å². The van der Waals surface area contributed by atoms with E-state index < -0.39 is 33.4 Å². The molecule has 254 valence electrons. The maximum atomic E-state index is 14.1. The van der Waals surface area contributed by atoms with Crippen molar-refractivity contribution in [3.05, 3.63) is 53.6 Å². The number of aliphatic hydroxyl groups excluding tert-OH is 1. The Morgan fingerprint density at radius 3 is 2.33 bits per heavy atom. The topological polar surface area (TPSA) is 99.2 Å². The molecule has 4 aliphatic heterocycles. The number of carbonyl (C=O) groups excluding carboxylic acids is 1. The summed E-state index contributed by atoms with van der Waals surface area (Å²) in [7, 11) is 0.167. The number of benzene rings is 2. The fourth-order valence-corrected chi connectivity index (χ4v) is 10.2. The van der Waals surface area contributed by atoms with Crippen LogP contribution in [0.4, 0.5) is 16.2 Å². The number of nitrogens with zero attached hydrogens (tertiary/aromatic N) is 3. The Morgan fingerprint density at radius 2 is 1.70 bits per heavy atom. The van der Waals surface area contributed by atoms with Crippen molar-refractivity contribution < 1.29 is 27.5 Å². The van der Waals surface area contributed by atoms with Gasteiger partial charge in [-0.1, -0.05) is 51.7 Å². The number of aliphatic hydroxyl groups is 1. The second-order valence-corrected chi connectivity index (χ2v) is 16.1. The van der Waals surface area contributed by atoms with E-state index in [1.807, 2.05) is 55.4 Å². The lowest BCUT2D eigenvalue weighted by molar-refractivity contribution is -0.941. The first kappa shape index (κ1) is 34.7. The minimum absolute atomic E-state index is 0.0749. The number of ether oxygens (including phenoxy) is 1. The molecule has 10 heteroatoms. The molecule has 46 heavy (non-hydrogen) atoms. The van der Waals surface area contributed by atoms with Crippen LogP contribution in [0.25, 0.3) is 0 Å². The van der Waals surface area contributed by atoms with Gasteiger partial charge in [0.05, 0.1) is 49.5 Å². The Bertz CT molecular complexity index is 1430. The third kappa shape index (κ3) is 7.56. The summed E-state index contributed by atoms with van der Waals surface area (Å²) in [5.74, 6) is -0.660. The van der Waals surface area contributed by atoms with Gasteiger partial charge in [-0.3, -0.25) is 10.2 Å². The number of hydrogen-bond donors (Lipinski definition) is 2. The van der Waals surface area contributed by atoms with Crippen LogP contribution in [0.15, 0.2) is 47.4 Å². The average Bonchev–Trinajstić information content (AvgIpc) is 3.12.